The first-order chi connectivity index (χ1) is 13.8. The van der Waals surface area contributed by atoms with E-state index >= 15 is 0 Å². The standard InChI is InChI=1S/C22H28N2O5/c1-14-7-8-16(11-15(14)2)22(26)23-12-19(25)24(3)13-17-9-10-18(27-4)21(29-6)20(17)28-5/h7-11H,12-13H2,1-6H3,(H,23,26). The Hall–Kier alpha value is -3.22. The number of nitrogens with zero attached hydrogens (tertiary/aromatic N) is 1. The van der Waals surface area contributed by atoms with Gasteiger partial charge in [-0.2, -0.15) is 0 Å². The van der Waals surface area contributed by atoms with Gasteiger partial charge in [-0.15, -0.1) is 0 Å². The normalized spacial score (nSPS) is 10.3. The number of aryl methyl sites for hydroxylation is 2. The van der Waals surface area contributed by atoms with Gasteiger partial charge in [0.2, 0.25) is 11.7 Å². The Morgan fingerprint density at radius 1 is 0.931 bits per heavy atom. The van der Waals surface area contributed by atoms with Crippen molar-refractivity contribution in [3.05, 3.63) is 52.6 Å². The molecule has 0 aromatic heterocycles. The Labute approximate surface area is 171 Å². The minimum atomic E-state index is -0.279. The number of methoxy groups -OCH3 is 3. The second-order valence-corrected chi connectivity index (χ2v) is 6.72. The Morgan fingerprint density at radius 3 is 2.21 bits per heavy atom. The lowest BCUT2D eigenvalue weighted by atomic mass is 10.1. The summed E-state index contributed by atoms with van der Waals surface area (Å²) in [6.07, 6.45) is 0. The molecule has 2 amide bonds. The molecule has 0 bridgehead atoms. The molecule has 2 aromatic rings. The van der Waals surface area contributed by atoms with Crippen molar-refractivity contribution in [2.24, 2.45) is 0 Å². The summed E-state index contributed by atoms with van der Waals surface area (Å²) in [5.74, 6) is 1.02. The SMILES string of the molecule is COc1ccc(CN(C)C(=O)CNC(=O)c2ccc(C)c(C)c2)c(OC)c1OC. The maximum absolute atomic E-state index is 12.5. The molecule has 0 saturated carbocycles. The number of likely N-dealkylation sites (N-methyl/N-ethyl adjacent to an activating group) is 1. The maximum Gasteiger partial charge on any atom is 0.251 e. The first-order valence-electron chi connectivity index (χ1n) is 9.19. The number of hydrogen-bond donors (Lipinski definition) is 1. The Morgan fingerprint density at radius 2 is 1.62 bits per heavy atom. The van der Waals surface area contributed by atoms with Crippen molar-refractivity contribution < 1.29 is 23.8 Å². The lowest BCUT2D eigenvalue weighted by molar-refractivity contribution is -0.129. The molecule has 7 nitrogen and oxygen atoms in total. The van der Waals surface area contributed by atoms with Gasteiger partial charge in [-0.1, -0.05) is 6.07 Å². The molecule has 0 unspecified atom stereocenters. The van der Waals surface area contributed by atoms with Gasteiger partial charge in [-0.05, 0) is 49.2 Å². The van der Waals surface area contributed by atoms with Crippen LogP contribution in [0.4, 0.5) is 0 Å². The number of nitrogens with one attached hydrogen (secondary N) is 1. The molecule has 2 rings (SSSR count). The van der Waals surface area contributed by atoms with Gasteiger partial charge < -0.3 is 24.4 Å². The lowest BCUT2D eigenvalue weighted by Crippen LogP contribution is -2.37. The zero-order valence-electron chi connectivity index (χ0n) is 17.8. The molecule has 156 valence electrons. The molecule has 1 N–H and O–H groups in total. The Bertz CT molecular complexity index is 895. The highest BCUT2D eigenvalue weighted by Crippen LogP contribution is 2.40. The molecule has 0 spiro atoms. The lowest BCUT2D eigenvalue weighted by Gasteiger charge is -2.21. The highest BCUT2D eigenvalue weighted by Gasteiger charge is 2.19. The largest absolute Gasteiger partial charge is 0.493 e. The molecule has 0 atom stereocenters. The third-order valence-electron chi connectivity index (χ3n) is 4.79. The Balaban J connectivity index is 2.03. The van der Waals surface area contributed by atoms with Crippen LogP contribution in [-0.2, 0) is 11.3 Å². The number of carbonyl (C=O) groups excluding carboxylic acids is 2. The van der Waals surface area contributed by atoms with Gasteiger partial charge in [0.25, 0.3) is 5.91 Å². The van der Waals surface area contributed by atoms with Crippen LogP contribution in [0.5, 0.6) is 17.2 Å². The molecule has 0 saturated heterocycles. The molecule has 7 heteroatoms. The van der Waals surface area contributed by atoms with Crippen molar-refractivity contribution in [3.8, 4) is 17.2 Å². The van der Waals surface area contributed by atoms with Crippen molar-refractivity contribution in [1.29, 1.82) is 0 Å². The summed E-state index contributed by atoms with van der Waals surface area (Å²) in [6, 6.07) is 9.03. The smallest absolute Gasteiger partial charge is 0.251 e. The molecule has 29 heavy (non-hydrogen) atoms. The first kappa shape index (κ1) is 22.1. The fourth-order valence-electron chi connectivity index (χ4n) is 2.91. The predicted molar refractivity (Wildman–Crippen MR) is 111 cm³/mol. The van der Waals surface area contributed by atoms with Crippen LogP contribution in [0.15, 0.2) is 30.3 Å². The van der Waals surface area contributed by atoms with E-state index in [0.717, 1.165) is 16.7 Å². The summed E-state index contributed by atoms with van der Waals surface area (Å²) in [6.45, 7) is 4.12. The third kappa shape index (κ3) is 5.19. The van der Waals surface area contributed by atoms with E-state index in [0.29, 0.717) is 29.4 Å². The summed E-state index contributed by atoms with van der Waals surface area (Å²) >= 11 is 0. The fraction of sp³-hybridized carbons (Fsp3) is 0.364. The van der Waals surface area contributed by atoms with Crippen LogP contribution in [0, 0.1) is 13.8 Å². The van der Waals surface area contributed by atoms with Crippen LogP contribution in [0.3, 0.4) is 0 Å². The third-order valence-corrected chi connectivity index (χ3v) is 4.79. The van der Waals surface area contributed by atoms with Gasteiger partial charge in [0.05, 0.1) is 27.9 Å². The molecule has 2 aromatic carbocycles. The van der Waals surface area contributed by atoms with E-state index in [1.165, 1.54) is 19.1 Å². The zero-order chi connectivity index (χ0) is 21.6. The zero-order valence-corrected chi connectivity index (χ0v) is 17.8. The summed E-state index contributed by atoms with van der Waals surface area (Å²) in [4.78, 5) is 26.3. The predicted octanol–water partition coefficient (Wildman–Crippen LogP) is 2.72. The minimum absolute atomic E-state index is 0.0993. The highest BCUT2D eigenvalue weighted by molar-refractivity contribution is 5.96. The average molecular weight is 400 g/mol. The van der Waals surface area contributed by atoms with Crippen molar-refractivity contribution >= 4 is 11.8 Å². The second-order valence-electron chi connectivity index (χ2n) is 6.72. The average Bonchev–Trinajstić information content (AvgIpc) is 2.72. The van der Waals surface area contributed by atoms with E-state index in [4.69, 9.17) is 14.2 Å². The van der Waals surface area contributed by atoms with Crippen molar-refractivity contribution in [3.63, 3.8) is 0 Å². The molecule has 0 heterocycles. The van der Waals surface area contributed by atoms with Crippen LogP contribution >= 0.6 is 0 Å². The topological polar surface area (TPSA) is 77.1 Å². The van der Waals surface area contributed by atoms with Crippen LogP contribution in [-0.4, -0.2) is 51.6 Å². The van der Waals surface area contributed by atoms with E-state index in [2.05, 4.69) is 5.32 Å². The van der Waals surface area contributed by atoms with E-state index in [1.807, 2.05) is 32.0 Å². The number of ether oxygens (including phenoxy) is 3. The summed E-state index contributed by atoms with van der Waals surface area (Å²) in [7, 11) is 6.28. The molecule has 0 fully saturated rings. The van der Waals surface area contributed by atoms with Gasteiger partial charge in [0, 0.05) is 24.7 Å². The van der Waals surface area contributed by atoms with Gasteiger partial charge >= 0.3 is 0 Å². The quantitative estimate of drug-likeness (QED) is 0.737. The second kappa shape index (κ2) is 9.82. The molecular formula is C22H28N2O5. The van der Waals surface area contributed by atoms with Crippen LogP contribution < -0.4 is 19.5 Å². The van der Waals surface area contributed by atoms with E-state index < -0.39 is 0 Å². The van der Waals surface area contributed by atoms with Crippen molar-refractivity contribution in [1.82, 2.24) is 10.2 Å². The monoisotopic (exact) mass is 400 g/mol. The molecule has 0 aliphatic rings. The van der Waals surface area contributed by atoms with E-state index in [9.17, 15) is 9.59 Å². The number of rotatable bonds is 8. The van der Waals surface area contributed by atoms with E-state index in [-0.39, 0.29) is 18.4 Å². The van der Waals surface area contributed by atoms with Crippen LogP contribution in [0.1, 0.15) is 27.0 Å². The van der Waals surface area contributed by atoms with Crippen LogP contribution in [0.25, 0.3) is 0 Å². The number of amides is 2. The number of carbonyl (C=O) groups is 2. The van der Waals surface area contributed by atoms with Gasteiger partial charge in [0.15, 0.2) is 11.5 Å². The summed E-state index contributed by atoms with van der Waals surface area (Å²) in [5.41, 5.74) is 3.44. The summed E-state index contributed by atoms with van der Waals surface area (Å²) < 4.78 is 16.1. The van der Waals surface area contributed by atoms with E-state index in [1.54, 1.807) is 26.3 Å². The van der Waals surface area contributed by atoms with Gasteiger partial charge in [0.1, 0.15) is 0 Å². The molecule has 0 aliphatic heterocycles. The Kier molecular flexibility index (Phi) is 7.47. The molecular weight excluding hydrogens is 372 g/mol. The fourth-order valence-corrected chi connectivity index (χ4v) is 2.91. The minimum Gasteiger partial charge on any atom is -0.493 e. The van der Waals surface area contributed by atoms with Crippen LogP contribution in [0.2, 0.25) is 0 Å². The molecule has 0 aliphatic carbocycles. The van der Waals surface area contributed by atoms with Crippen molar-refractivity contribution in [2.45, 2.75) is 20.4 Å². The van der Waals surface area contributed by atoms with Gasteiger partial charge in [-0.25, -0.2) is 0 Å². The number of hydrogen-bond acceptors (Lipinski definition) is 5. The first-order valence-corrected chi connectivity index (χ1v) is 9.19. The number of benzene rings is 2. The van der Waals surface area contributed by atoms with Crippen molar-refractivity contribution in [2.75, 3.05) is 34.9 Å². The maximum atomic E-state index is 12.5. The van der Waals surface area contributed by atoms with Gasteiger partial charge in [-0.3, -0.25) is 9.59 Å². The highest BCUT2D eigenvalue weighted by atomic mass is 16.5. The summed E-state index contributed by atoms with van der Waals surface area (Å²) in [5, 5.41) is 2.68. The molecule has 0 radical (unpaired) electrons.